The van der Waals surface area contributed by atoms with Gasteiger partial charge in [-0.05, 0) is 98.6 Å². The molecule has 0 radical (unpaired) electrons. The second-order valence-electron chi connectivity index (χ2n) is 15.3. The van der Waals surface area contributed by atoms with Crippen molar-refractivity contribution < 1.29 is 19.5 Å². The maximum absolute atomic E-state index is 14.2. The zero-order chi connectivity index (χ0) is 33.5. The molecule has 1 saturated heterocycles. The van der Waals surface area contributed by atoms with Gasteiger partial charge in [-0.3, -0.25) is 14.4 Å². The molecule has 4 saturated carbocycles. The van der Waals surface area contributed by atoms with Crippen LogP contribution in [0.5, 0.6) is 0 Å². The number of benzene rings is 2. The maximum atomic E-state index is 14.2. The average Bonchev–Trinajstić information content (AvgIpc) is 3.14. The lowest BCUT2D eigenvalue weighted by atomic mass is 9.61. The Kier molecular flexibility index (Phi) is 8.90. The van der Waals surface area contributed by atoms with E-state index >= 15 is 0 Å². The van der Waals surface area contributed by atoms with Crippen molar-refractivity contribution in [1.29, 1.82) is 0 Å². The first-order chi connectivity index (χ1) is 24.0. The molecule has 4 aliphatic carbocycles. The summed E-state index contributed by atoms with van der Waals surface area (Å²) < 4.78 is 0. The van der Waals surface area contributed by atoms with Gasteiger partial charge in [0, 0.05) is 23.2 Å². The van der Waals surface area contributed by atoms with Gasteiger partial charge < -0.3 is 14.9 Å². The number of nitrogens with zero attached hydrogens (tertiary/aromatic N) is 2. The van der Waals surface area contributed by atoms with E-state index in [1.165, 1.54) is 32.1 Å². The van der Waals surface area contributed by atoms with Crippen LogP contribution in [0.4, 0.5) is 11.4 Å². The normalized spacial score (nSPS) is 34.3. The van der Waals surface area contributed by atoms with E-state index in [0.29, 0.717) is 29.2 Å². The summed E-state index contributed by atoms with van der Waals surface area (Å²) in [5.41, 5.74) is 2.29. The predicted molar refractivity (Wildman–Crippen MR) is 193 cm³/mol. The Hall–Kier alpha value is -4.19. The van der Waals surface area contributed by atoms with Crippen LogP contribution in [0.15, 0.2) is 108 Å². The number of fused-ring (bicyclic) bond motifs is 6. The second-order valence-corrected chi connectivity index (χ2v) is 15.3. The molecule has 6 aliphatic rings. The highest BCUT2D eigenvalue weighted by atomic mass is 16.3. The van der Waals surface area contributed by atoms with Gasteiger partial charge in [0.15, 0.2) is 5.78 Å². The summed E-state index contributed by atoms with van der Waals surface area (Å²) >= 11 is 0. The molecule has 6 heteroatoms. The Morgan fingerprint density at radius 3 is 1.71 bits per heavy atom. The standard InChI is InChI=1S/C43H48N2O4/c46-40-34-26-24-28-14-10-12-20-32(28)38(34)44(30-16-4-1-5-17-30)42(48)36(40)22-8-3-9-23-37-41(47)35-27-25-29-15-11-13-21-33(29)39(35)45(43(37)49)31-18-6-2-7-19-31/h1-9,16-19,22-23,28-29,32-35,38-39,46H,10-15,20-21,24-27H2/b9-3?,22-8?,37-23-. The third-order valence-corrected chi connectivity index (χ3v) is 12.9. The number of anilines is 2. The zero-order valence-corrected chi connectivity index (χ0v) is 28.3. The van der Waals surface area contributed by atoms with Crippen LogP contribution in [0.2, 0.25) is 0 Å². The number of carbonyl (C=O) groups excluding carboxylic acids is 3. The van der Waals surface area contributed by atoms with Gasteiger partial charge in [0.2, 0.25) is 0 Å². The number of amides is 2. The highest BCUT2D eigenvalue weighted by molar-refractivity contribution is 6.27. The molecule has 0 bridgehead atoms. The van der Waals surface area contributed by atoms with Crippen molar-refractivity contribution in [2.75, 3.05) is 9.80 Å². The summed E-state index contributed by atoms with van der Waals surface area (Å²) in [5.74, 6) is 1.44. The van der Waals surface area contributed by atoms with Gasteiger partial charge in [0.1, 0.15) is 5.76 Å². The Bertz CT molecular complexity index is 1710. The van der Waals surface area contributed by atoms with E-state index in [1.807, 2.05) is 70.5 Å². The molecule has 6 nitrogen and oxygen atoms in total. The van der Waals surface area contributed by atoms with Gasteiger partial charge in [-0.1, -0.05) is 93.2 Å². The van der Waals surface area contributed by atoms with Crippen LogP contribution in [0.1, 0.15) is 77.0 Å². The van der Waals surface area contributed by atoms with Crippen molar-refractivity contribution in [2.24, 2.45) is 35.5 Å². The van der Waals surface area contributed by atoms with E-state index in [-0.39, 0.29) is 52.8 Å². The number of allylic oxidation sites excluding steroid dienone is 4. The monoisotopic (exact) mass is 656 g/mol. The first-order valence-corrected chi connectivity index (χ1v) is 18.8. The van der Waals surface area contributed by atoms with Crippen LogP contribution >= 0.6 is 0 Å². The lowest BCUT2D eigenvalue weighted by molar-refractivity contribution is -0.130. The summed E-state index contributed by atoms with van der Waals surface area (Å²) in [6.45, 7) is 0. The van der Waals surface area contributed by atoms with Gasteiger partial charge in [-0.15, -0.1) is 0 Å². The Morgan fingerprint density at radius 1 is 0.571 bits per heavy atom. The lowest BCUT2D eigenvalue weighted by Crippen LogP contribution is -2.60. The number of para-hydroxylation sites is 2. The number of piperidine rings is 1. The van der Waals surface area contributed by atoms with Crippen molar-refractivity contribution in [3.8, 4) is 0 Å². The molecule has 2 aliphatic heterocycles. The summed E-state index contributed by atoms with van der Waals surface area (Å²) in [6.07, 6.45) is 21.8. The largest absolute Gasteiger partial charge is 0.511 e. The molecule has 2 aromatic rings. The Balaban J connectivity index is 1.07. The van der Waals surface area contributed by atoms with Gasteiger partial charge in [-0.25, -0.2) is 0 Å². The van der Waals surface area contributed by atoms with Crippen molar-refractivity contribution in [3.05, 3.63) is 108 Å². The minimum Gasteiger partial charge on any atom is -0.511 e. The summed E-state index contributed by atoms with van der Waals surface area (Å²) in [5, 5.41) is 11.6. The Morgan fingerprint density at radius 2 is 1.10 bits per heavy atom. The van der Waals surface area contributed by atoms with Crippen molar-refractivity contribution in [3.63, 3.8) is 0 Å². The van der Waals surface area contributed by atoms with E-state index in [9.17, 15) is 19.5 Å². The van der Waals surface area contributed by atoms with E-state index in [4.69, 9.17) is 0 Å². The molecule has 5 fully saturated rings. The van der Waals surface area contributed by atoms with Gasteiger partial charge in [-0.2, -0.15) is 0 Å². The molecule has 2 heterocycles. The van der Waals surface area contributed by atoms with Crippen LogP contribution in [-0.4, -0.2) is 34.8 Å². The number of Topliss-reactive ketones (excluding diaryl/α,β-unsaturated/α-hetero) is 1. The summed E-state index contributed by atoms with van der Waals surface area (Å²) in [6, 6.07) is 19.6. The van der Waals surface area contributed by atoms with E-state index in [1.54, 1.807) is 30.4 Å². The average molecular weight is 657 g/mol. The number of hydrogen-bond acceptors (Lipinski definition) is 4. The molecule has 8 unspecified atom stereocenters. The first-order valence-electron chi connectivity index (χ1n) is 18.8. The number of aliphatic hydroxyl groups excluding tert-OH is 1. The van der Waals surface area contributed by atoms with Crippen LogP contribution in [0.25, 0.3) is 0 Å². The van der Waals surface area contributed by atoms with E-state index < -0.39 is 0 Å². The minimum atomic E-state index is -0.219. The SMILES string of the molecule is O=C1/C(=C/C=CC=CC2=C(O)C3CCC4CCCCC4C3N(c3ccccc3)C2=O)C(=O)N(c2ccccc2)C2C1CCC1CCCCC12. The van der Waals surface area contributed by atoms with Crippen LogP contribution in [-0.2, 0) is 14.4 Å². The van der Waals surface area contributed by atoms with Crippen LogP contribution in [0.3, 0.4) is 0 Å². The molecular formula is C43H48N2O4. The number of carbonyl (C=O) groups is 3. The van der Waals surface area contributed by atoms with Gasteiger partial charge in [0.25, 0.3) is 11.8 Å². The van der Waals surface area contributed by atoms with Crippen LogP contribution < -0.4 is 9.80 Å². The highest BCUT2D eigenvalue weighted by Crippen LogP contribution is 2.51. The van der Waals surface area contributed by atoms with Crippen molar-refractivity contribution in [1.82, 2.24) is 0 Å². The highest BCUT2D eigenvalue weighted by Gasteiger charge is 2.53. The van der Waals surface area contributed by atoms with E-state index in [0.717, 1.165) is 56.3 Å². The van der Waals surface area contributed by atoms with Gasteiger partial charge >= 0.3 is 0 Å². The molecular weight excluding hydrogens is 608 g/mol. The lowest BCUT2D eigenvalue weighted by Gasteiger charge is -2.52. The topological polar surface area (TPSA) is 77.9 Å². The predicted octanol–water partition coefficient (Wildman–Crippen LogP) is 8.67. The molecule has 8 rings (SSSR count). The minimum absolute atomic E-state index is 0.0326. The molecule has 1 N–H and O–H groups in total. The van der Waals surface area contributed by atoms with Gasteiger partial charge in [0.05, 0.1) is 23.2 Å². The molecule has 2 aromatic carbocycles. The zero-order valence-electron chi connectivity index (χ0n) is 28.3. The number of ketones is 1. The Labute approximate surface area is 290 Å². The fraction of sp³-hybridized carbons (Fsp3) is 0.465. The third-order valence-electron chi connectivity index (χ3n) is 12.9. The molecule has 0 spiro atoms. The van der Waals surface area contributed by atoms with Crippen molar-refractivity contribution in [2.45, 2.75) is 89.1 Å². The maximum Gasteiger partial charge on any atom is 0.262 e. The summed E-state index contributed by atoms with van der Waals surface area (Å²) in [4.78, 5) is 46.2. The first kappa shape index (κ1) is 32.0. The summed E-state index contributed by atoms with van der Waals surface area (Å²) in [7, 11) is 0. The molecule has 254 valence electrons. The smallest absolute Gasteiger partial charge is 0.262 e. The molecule has 49 heavy (non-hydrogen) atoms. The molecule has 0 aromatic heterocycles. The molecule has 2 amide bonds. The van der Waals surface area contributed by atoms with Crippen LogP contribution in [0, 0.1) is 35.5 Å². The van der Waals surface area contributed by atoms with E-state index in [2.05, 4.69) is 0 Å². The third kappa shape index (κ3) is 5.71. The van der Waals surface area contributed by atoms with Crippen molar-refractivity contribution >= 4 is 29.0 Å². The quantitative estimate of drug-likeness (QED) is 0.199. The molecule has 8 atom stereocenters. The fourth-order valence-electron chi connectivity index (χ4n) is 10.7. The number of rotatable bonds is 5. The fourth-order valence-corrected chi connectivity index (χ4v) is 10.7. The number of hydrogen-bond donors (Lipinski definition) is 1. The number of aliphatic hydroxyl groups is 1. The second kappa shape index (κ2) is 13.6.